The van der Waals surface area contributed by atoms with E-state index in [4.69, 9.17) is 14.2 Å². The molecule has 2 aromatic carbocycles. The third-order valence-electron chi connectivity index (χ3n) is 2.80. The number of methoxy groups -OCH3 is 1. The van der Waals surface area contributed by atoms with Crippen molar-refractivity contribution < 1.29 is 19.0 Å². The van der Waals surface area contributed by atoms with Crippen LogP contribution in [0.25, 0.3) is 10.8 Å². The first-order valence-corrected chi connectivity index (χ1v) is 6.79. The zero-order valence-electron chi connectivity index (χ0n) is 13.0. The van der Waals surface area contributed by atoms with E-state index >= 15 is 0 Å². The lowest BCUT2D eigenvalue weighted by Gasteiger charge is -2.24. The predicted octanol–water partition coefficient (Wildman–Crippen LogP) is 3.95. The monoisotopic (exact) mass is 288 g/mol. The van der Waals surface area contributed by atoms with Gasteiger partial charge in [-0.05, 0) is 20.8 Å². The second kappa shape index (κ2) is 5.64. The zero-order valence-corrected chi connectivity index (χ0v) is 13.0. The van der Waals surface area contributed by atoms with Gasteiger partial charge in [-0.15, -0.1) is 0 Å². The average Bonchev–Trinajstić information content (AvgIpc) is 2.39. The van der Waals surface area contributed by atoms with Crippen molar-refractivity contribution in [2.75, 3.05) is 7.11 Å². The highest BCUT2D eigenvalue weighted by Gasteiger charge is 2.21. The summed E-state index contributed by atoms with van der Waals surface area (Å²) in [7, 11) is 1.61. The molecule has 0 spiro atoms. The van der Waals surface area contributed by atoms with Gasteiger partial charge in [0.2, 0.25) is 0 Å². The molecule has 2 rings (SSSR count). The molecule has 0 radical (unpaired) electrons. The van der Waals surface area contributed by atoms with Crippen LogP contribution >= 0.6 is 0 Å². The SMILES string of the molecule is COc1cc(OC(C)(C)C)c(OC(C)=O)c2ccccc12. The van der Waals surface area contributed by atoms with E-state index in [0.717, 1.165) is 10.8 Å². The van der Waals surface area contributed by atoms with Gasteiger partial charge in [-0.25, -0.2) is 0 Å². The first kappa shape index (κ1) is 15.2. The van der Waals surface area contributed by atoms with E-state index in [1.165, 1.54) is 6.92 Å². The minimum atomic E-state index is -0.414. The van der Waals surface area contributed by atoms with Crippen molar-refractivity contribution in [3.8, 4) is 17.2 Å². The highest BCUT2D eigenvalue weighted by Crippen LogP contribution is 2.42. The van der Waals surface area contributed by atoms with Crippen LogP contribution in [0, 0.1) is 0 Å². The summed E-state index contributed by atoms with van der Waals surface area (Å²) in [5.74, 6) is 1.21. The second-order valence-electron chi connectivity index (χ2n) is 5.76. The van der Waals surface area contributed by atoms with E-state index in [1.54, 1.807) is 13.2 Å². The van der Waals surface area contributed by atoms with Crippen LogP contribution in [0.4, 0.5) is 0 Å². The van der Waals surface area contributed by atoms with Crippen molar-refractivity contribution in [1.29, 1.82) is 0 Å². The summed E-state index contributed by atoms with van der Waals surface area (Å²) in [6, 6.07) is 9.35. The maximum atomic E-state index is 11.4. The van der Waals surface area contributed by atoms with Gasteiger partial charge in [0.25, 0.3) is 0 Å². The molecule has 4 heteroatoms. The predicted molar refractivity (Wildman–Crippen MR) is 82.2 cm³/mol. The quantitative estimate of drug-likeness (QED) is 0.633. The first-order chi connectivity index (χ1) is 9.81. The van der Waals surface area contributed by atoms with Crippen LogP contribution < -0.4 is 14.2 Å². The molecule has 2 aromatic rings. The number of benzene rings is 2. The molecule has 112 valence electrons. The molecule has 0 atom stereocenters. The van der Waals surface area contributed by atoms with Crippen LogP contribution in [0.5, 0.6) is 17.2 Å². The van der Waals surface area contributed by atoms with Crippen molar-refractivity contribution in [1.82, 2.24) is 0 Å². The number of hydrogen-bond donors (Lipinski definition) is 0. The summed E-state index contributed by atoms with van der Waals surface area (Å²) in [6.45, 7) is 7.19. The highest BCUT2D eigenvalue weighted by molar-refractivity contribution is 5.97. The van der Waals surface area contributed by atoms with Gasteiger partial charge in [0, 0.05) is 23.8 Å². The lowest BCUT2D eigenvalue weighted by molar-refractivity contribution is -0.132. The Morgan fingerprint density at radius 1 is 1.05 bits per heavy atom. The average molecular weight is 288 g/mol. The maximum Gasteiger partial charge on any atom is 0.308 e. The molecule has 0 saturated carbocycles. The van der Waals surface area contributed by atoms with Gasteiger partial charge in [0.05, 0.1) is 7.11 Å². The van der Waals surface area contributed by atoms with E-state index in [9.17, 15) is 4.79 Å². The van der Waals surface area contributed by atoms with Crippen molar-refractivity contribution in [2.45, 2.75) is 33.3 Å². The molecule has 0 amide bonds. The van der Waals surface area contributed by atoms with Crippen molar-refractivity contribution >= 4 is 16.7 Å². The van der Waals surface area contributed by atoms with Crippen LogP contribution in [0.15, 0.2) is 30.3 Å². The molecule has 0 aliphatic heterocycles. The smallest absolute Gasteiger partial charge is 0.308 e. The molecule has 0 aliphatic rings. The summed E-state index contributed by atoms with van der Waals surface area (Å²) < 4.78 is 16.7. The Hall–Kier alpha value is -2.23. The number of ether oxygens (including phenoxy) is 3. The van der Waals surface area contributed by atoms with Gasteiger partial charge in [-0.3, -0.25) is 4.79 Å². The van der Waals surface area contributed by atoms with Gasteiger partial charge in [0.1, 0.15) is 11.4 Å². The lowest BCUT2D eigenvalue weighted by atomic mass is 10.1. The minimum absolute atomic E-state index is 0.385. The lowest BCUT2D eigenvalue weighted by Crippen LogP contribution is -2.23. The van der Waals surface area contributed by atoms with Crippen LogP contribution in [0.2, 0.25) is 0 Å². The minimum Gasteiger partial charge on any atom is -0.496 e. The zero-order chi connectivity index (χ0) is 15.6. The van der Waals surface area contributed by atoms with Gasteiger partial charge < -0.3 is 14.2 Å². The Morgan fingerprint density at radius 2 is 1.67 bits per heavy atom. The van der Waals surface area contributed by atoms with Gasteiger partial charge in [0.15, 0.2) is 11.5 Å². The number of hydrogen-bond acceptors (Lipinski definition) is 4. The first-order valence-electron chi connectivity index (χ1n) is 6.79. The fourth-order valence-corrected chi connectivity index (χ4v) is 2.11. The molecular formula is C17H20O4. The highest BCUT2D eigenvalue weighted by atomic mass is 16.6. The Balaban J connectivity index is 2.72. The molecule has 0 bridgehead atoms. The van der Waals surface area contributed by atoms with Crippen LogP contribution in [-0.2, 0) is 4.79 Å². The van der Waals surface area contributed by atoms with Crippen LogP contribution in [0.1, 0.15) is 27.7 Å². The molecule has 0 saturated heterocycles. The summed E-state index contributed by atoms with van der Waals surface area (Å²) in [4.78, 5) is 11.4. The Morgan fingerprint density at radius 3 is 2.19 bits per heavy atom. The fraction of sp³-hybridized carbons (Fsp3) is 0.353. The summed E-state index contributed by atoms with van der Waals surface area (Å²) >= 11 is 0. The van der Waals surface area contributed by atoms with E-state index in [2.05, 4.69) is 0 Å². The molecule has 0 aromatic heterocycles. The summed E-state index contributed by atoms with van der Waals surface area (Å²) in [5, 5.41) is 1.66. The maximum absolute atomic E-state index is 11.4. The van der Waals surface area contributed by atoms with Crippen molar-refractivity contribution in [3.05, 3.63) is 30.3 Å². The second-order valence-corrected chi connectivity index (χ2v) is 5.76. The molecule has 4 nitrogen and oxygen atoms in total. The van der Waals surface area contributed by atoms with Gasteiger partial charge in [-0.2, -0.15) is 0 Å². The third-order valence-corrected chi connectivity index (χ3v) is 2.80. The number of carbonyl (C=O) groups is 1. The van der Waals surface area contributed by atoms with Crippen LogP contribution in [-0.4, -0.2) is 18.7 Å². The topological polar surface area (TPSA) is 44.8 Å². The third kappa shape index (κ3) is 3.45. The van der Waals surface area contributed by atoms with Crippen molar-refractivity contribution in [2.24, 2.45) is 0 Å². The summed E-state index contributed by atoms with van der Waals surface area (Å²) in [6.07, 6.45) is 0. The van der Waals surface area contributed by atoms with E-state index in [1.807, 2.05) is 45.0 Å². The molecule has 0 fully saturated rings. The standard InChI is InChI=1S/C17H20O4/c1-11(18)20-16-13-9-7-6-8-12(13)14(19-5)10-15(16)21-17(2,3)4/h6-10H,1-5H3. The molecule has 0 unspecified atom stereocenters. The molecular weight excluding hydrogens is 268 g/mol. The Bertz CT molecular complexity index is 668. The summed E-state index contributed by atoms with van der Waals surface area (Å²) in [5.41, 5.74) is -0.414. The fourth-order valence-electron chi connectivity index (χ4n) is 2.11. The number of carbonyl (C=O) groups excluding carboxylic acids is 1. The number of esters is 1. The Labute approximate surface area is 124 Å². The molecule has 0 heterocycles. The number of rotatable bonds is 3. The van der Waals surface area contributed by atoms with Gasteiger partial charge >= 0.3 is 5.97 Å². The van der Waals surface area contributed by atoms with Crippen molar-refractivity contribution in [3.63, 3.8) is 0 Å². The molecule has 21 heavy (non-hydrogen) atoms. The molecule has 0 N–H and O–H groups in total. The van der Waals surface area contributed by atoms with E-state index in [-0.39, 0.29) is 5.97 Å². The van der Waals surface area contributed by atoms with Crippen LogP contribution in [0.3, 0.4) is 0 Å². The van der Waals surface area contributed by atoms with E-state index in [0.29, 0.717) is 17.2 Å². The van der Waals surface area contributed by atoms with Gasteiger partial charge in [-0.1, -0.05) is 24.3 Å². The number of fused-ring (bicyclic) bond motifs is 1. The van der Waals surface area contributed by atoms with E-state index < -0.39 is 5.60 Å². The Kier molecular flexibility index (Phi) is 4.07. The molecule has 0 aliphatic carbocycles. The largest absolute Gasteiger partial charge is 0.496 e. The normalized spacial score (nSPS) is 11.3.